The lowest BCUT2D eigenvalue weighted by atomic mass is 10.1. The van der Waals surface area contributed by atoms with Crippen LogP contribution in [-0.2, 0) is 10.0 Å². The third kappa shape index (κ3) is 3.15. The summed E-state index contributed by atoms with van der Waals surface area (Å²) in [5, 5.41) is 8.76. The average Bonchev–Trinajstić information content (AvgIpc) is 2.98. The zero-order valence-corrected chi connectivity index (χ0v) is 12.7. The molecule has 104 valence electrons. The number of hydrogen-bond acceptors (Lipinski definition) is 5. The summed E-state index contributed by atoms with van der Waals surface area (Å²) in [6.45, 7) is 2.50. The van der Waals surface area contributed by atoms with Crippen LogP contribution in [0.1, 0.15) is 11.3 Å². The van der Waals surface area contributed by atoms with Crippen LogP contribution in [-0.4, -0.2) is 51.4 Å². The van der Waals surface area contributed by atoms with Gasteiger partial charge in [0.15, 0.2) is 0 Å². The highest BCUT2D eigenvalue weighted by molar-refractivity contribution is 7.91. The molecule has 0 aliphatic carbocycles. The van der Waals surface area contributed by atoms with Gasteiger partial charge in [0.2, 0.25) is 0 Å². The van der Waals surface area contributed by atoms with Gasteiger partial charge in [-0.05, 0) is 38.1 Å². The fourth-order valence-electron chi connectivity index (χ4n) is 2.31. The van der Waals surface area contributed by atoms with E-state index in [1.54, 1.807) is 13.1 Å². The van der Waals surface area contributed by atoms with Crippen LogP contribution in [0.4, 0.5) is 0 Å². The van der Waals surface area contributed by atoms with Crippen LogP contribution in [0.5, 0.6) is 0 Å². The van der Waals surface area contributed by atoms with E-state index in [9.17, 15) is 8.42 Å². The van der Waals surface area contributed by atoms with Crippen LogP contribution >= 0.6 is 11.3 Å². The molecule has 2 rings (SSSR count). The monoisotopic (exact) mass is 299 g/mol. The van der Waals surface area contributed by atoms with Crippen molar-refractivity contribution in [1.82, 2.24) is 9.21 Å². The fourth-order valence-corrected chi connectivity index (χ4v) is 4.87. The van der Waals surface area contributed by atoms with E-state index in [4.69, 9.17) is 5.26 Å². The van der Waals surface area contributed by atoms with Gasteiger partial charge in [-0.1, -0.05) is 0 Å². The maximum atomic E-state index is 12.3. The van der Waals surface area contributed by atoms with Crippen molar-refractivity contribution in [3.05, 3.63) is 17.0 Å². The molecule has 1 aromatic heterocycles. The van der Waals surface area contributed by atoms with Crippen molar-refractivity contribution in [3.8, 4) is 6.07 Å². The molecule has 0 saturated carbocycles. The van der Waals surface area contributed by atoms with Crippen molar-refractivity contribution in [1.29, 1.82) is 5.26 Å². The van der Waals surface area contributed by atoms with Crippen molar-refractivity contribution in [2.24, 2.45) is 5.92 Å². The lowest BCUT2D eigenvalue weighted by molar-refractivity contribution is 0.357. The third-order valence-electron chi connectivity index (χ3n) is 3.36. The van der Waals surface area contributed by atoms with E-state index in [2.05, 4.69) is 4.90 Å². The molecule has 1 atom stereocenters. The lowest BCUT2D eigenvalue weighted by Crippen LogP contribution is -2.32. The highest BCUT2D eigenvalue weighted by atomic mass is 32.2. The Kier molecular flexibility index (Phi) is 4.26. The topological polar surface area (TPSA) is 64.4 Å². The van der Waals surface area contributed by atoms with Gasteiger partial charge in [0.05, 0.1) is 0 Å². The van der Waals surface area contributed by atoms with E-state index in [0.717, 1.165) is 30.8 Å². The van der Waals surface area contributed by atoms with Crippen molar-refractivity contribution in [2.45, 2.75) is 10.6 Å². The summed E-state index contributed by atoms with van der Waals surface area (Å²) in [5.74, 6) is 0.389. The second-order valence-corrected chi connectivity index (χ2v) is 8.29. The summed E-state index contributed by atoms with van der Waals surface area (Å²) in [7, 11) is 0.208. The second kappa shape index (κ2) is 5.59. The summed E-state index contributed by atoms with van der Waals surface area (Å²) in [6, 6.07) is 5.03. The first-order valence-electron chi connectivity index (χ1n) is 6.08. The Balaban J connectivity index is 2.09. The molecule has 0 N–H and O–H groups in total. The van der Waals surface area contributed by atoms with Gasteiger partial charge in [-0.15, -0.1) is 11.3 Å². The van der Waals surface area contributed by atoms with Gasteiger partial charge >= 0.3 is 0 Å². The maximum absolute atomic E-state index is 12.3. The zero-order valence-electron chi connectivity index (χ0n) is 11.0. The Bertz CT molecular complexity index is 588. The summed E-state index contributed by atoms with van der Waals surface area (Å²) < 4.78 is 26.3. The highest BCUT2D eigenvalue weighted by Crippen LogP contribution is 2.25. The third-order valence-corrected chi connectivity index (χ3v) is 6.64. The Morgan fingerprint density at radius 2 is 2.32 bits per heavy atom. The van der Waals surface area contributed by atoms with Gasteiger partial charge in [-0.3, -0.25) is 0 Å². The highest BCUT2D eigenvalue weighted by Gasteiger charge is 2.28. The van der Waals surface area contributed by atoms with E-state index in [1.807, 2.05) is 13.1 Å². The van der Waals surface area contributed by atoms with Gasteiger partial charge in [-0.2, -0.15) is 9.57 Å². The standard InChI is InChI=1S/C12H17N3O2S2/c1-14-6-5-10(8-14)9-15(2)19(16,17)12-4-3-11(7-13)18-12/h3-4,10H,5-6,8-9H2,1-2H3. The minimum absolute atomic E-state index is 0.248. The van der Waals surface area contributed by atoms with Gasteiger partial charge in [0.25, 0.3) is 10.0 Å². The number of thiophene rings is 1. The molecule has 1 aromatic rings. The molecule has 0 bridgehead atoms. The van der Waals surface area contributed by atoms with E-state index in [1.165, 1.54) is 10.4 Å². The smallest absolute Gasteiger partial charge is 0.252 e. The number of sulfonamides is 1. The normalized spacial score (nSPS) is 20.8. The minimum atomic E-state index is -3.45. The molecule has 1 aliphatic rings. The largest absolute Gasteiger partial charge is 0.306 e. The fraction of sp³-hybridized carbons (Fsp3) is 0.583. The minimum Gasteiger partial charge on any atom is -0.306 e. The van der Waals surface area contributed by atoms with Crippen LogP contribution in [0, 0.1) is 17.2 Å². The quantitative estimate of drug-likeness (QED) is 0.838. The number of rotatable bonds is 4. The van der Waals surface area contributed by atoms with Crippen molar-refractivity contribution in [3.63, 3.8) is 0 Å². The molecule has 0 radical (unpaired) electrons. The average molecular weight is 299 g/mol. The van der Waals surface area contributed by atoms with Crippen molar-refractivity contribution in [2.75, 3.05) is 33.7 Å². The molecule has 5 nitrogen and oxygen atoms in total. The molecule has 1 fully saturated rings. The van der Waals surface area contributed by atoms with Gasteiger partial charge < -0.3 is 4.90 Å². The van der Waals surface area contributed by atoms with Crippen LogP contribution < -0.4 is 0 Å². The predicted octanol–water partition coefficient (Wildman–Crippen LogP) is 1.19. The Morgan fingerprint density at radius 3 is 2.84 bits per heavy atom. The zero-order chi connectivity index (χ0) is 14.0. The Morgan fingerprint density at radius 1 is 1.58 bits per heavy atom. The molecular weight excluding hydrogens is 282 g/mol. The first kappa shape index (κ1) is 14.5. The molecule has 19 heavy (non-hydrogen) atoms. The first-order chi connectivity index (χ1) is 8.93. The van der Waals surface area contributed by atoms with Crippen molar-refractivity contribution < 1.29 is 8.42 Å². The van der Waals surface area contributed by atoms with Crippen molar-refractivity contribution >= 4 is 21.4 Å². The van der Waals surface area contributed by atoms with Crippen LogP contribution in [0.3, 0.4) is 0 Å². The summed E-state index contributed by atoms with van der Waals surface area (Å²) >= 11 is 1.03. The maximum Gasteiger partial charge on any atom is 0.252 e. The molecule has 0 aromatic carbocycles. The molecule has 0 amide bonds. The predicted molar refractivity (Wildman–Crippen MR) is 74.5 cm³/mol. The van der Waals surface area contributed by atoms with Gasteiger partial charge in [-0.25, -0.2) is 8.42 Å². The van der Waals surface area contributed by atoms with E-state index < -0.39 is 10.0 Å². The first-order valence-corrected chi connectivity index (χ1v) is 8.34. The van der Waals surface area contributed by atoms with E-state index >= 15 is 0 Å². The number of nitrogens with zero attached hydrogens (tertiary/aromatic N) is 3. The molecular formula is C12H17N3O2S2. The Labute approximate surface area is 118 Å². The molecule has 1 aliphatic heterocycles. The summed E-state index contributed by atoms with van der Waals surface area (Å²) in [6.07, 6.45) is 1.03. The number of nitriles is 1. The second-order valence-electron chi connectivity index (χ2n) is 4.93. The number of hydrogen-bond donors (Lipinski definition) is 0. The van der Waals surface area contributed by atoms with Crippen LogP contribution in [0.2, 0.25) is 0 Å². The molecule has 1 saturated heterocycles. The molecule has 7 heteroatoms. The van der Waals surface area contributed by atoms with Gasteiger partial charge in [0.1, 0.15) is 15.2 Å². The van der Waals surface area contributed by atoms with Crippen LogP contribution in [0.25, 0.3) is 0 Å². The Hall–Kier alpha value is -0.940. The van der Waals surface area contributed by atoms with Crippen LogP contribution in [0.15, 0.2) is 16.3 Å². The summed E-state index contributed by atoms with van der Waals surface area (Å²) in [4.78, 5) is 2.64. The lowest BCUT2D eigenvalue weighted by Gasteiger charge is -2.20. The molecule has 2 heterocycles. The SMILES string of the molecule is CN1CCC(CN(C)S(=O)(=O)c2ccc(C#N)s2)C1. The van der Waals surface area contributed by atoms with E-state index in [0.29, 0.717) is 17.3 Å². The van der Waals surface area contributed by atoms with E-state index in [-0.39, 0.29) is 4.21 Å². The van der Waals surface area contributed by atoms with Gasteiger partial charge in [0, 0.05) is 20.1 Å². The molecule has 1 unspecified atom stereocenters. The summed E-state index contributed by atoms with van der Waals surface area (Å²) in [5.41, 5.74) is 0. The number of likely N-dealkylation sites (tertiary alicyclic amines) is 1. The molecule has 0 spiro atoms.